The monoisotopic (exact) mass is 417 g/mol. The van der Waals surface area contributed by atoms with E-state index in [0.29, 0.717) is 36.9 Å². The summed E-state index contributed by atoms with van der Waals surface area (Å²) >= 11 is 1.38. The number of aryl methyl sites for hydroxylation is 2. The summed E-state index contributed by atoms with van der Waals surface area (Å²) in [6.07, 6.45) is 3.96. The first-order chi connectivity index (χ1) is 14.0. The molecule has 1 aromatic heterocycles. The van der Waals surface area contributed by atoms with Gasteiger partial charge in [-0.2, -0.15) is 0 Å². The molecule has 0 fully saturated rings. The second-order valence-corrected chi connectivity index (χ2v) is 7.78. The minimum Gasteiger partial charge on any atom is -0.382 e. The Balaban J connectivity index is 2.02. The van der Waals surface area contributed by atoms with Crippen LogP contribution < -0.4 is 5.32 Å². The summed E-state index contributed by atoms with van der Waals surface area (Å²) in [5.74, 6) is -0.391. The van der Waals surface area contributed by atoms with Crippen molar-refractivity contribution in [3.05, 3.63) is 46.5 Å². The Bertz CT molecular complexity index is 774. The molecule has 0 atom stereocenters. The summed E-state index contributed by atoms with van der Waals surface area (Å²) in [4.78, 5) is 31.3. The lowest BCUT2D eigenvalue weighted by Gasteiger charge is -2.22. The van der Waals surface area contributed by atoms with Crippen molar-refractivity contribution in [1.29, 1.82) is 0 Å². The Kier molecular flexibility index (Phi) is 9.80. The lowest BCUT2D eigenvalue weighted by molar-refractivity contribution is -0.116. The largest absolute Gasteiger partial charge is 0.382 e. The van der Waals surface area contributed by atoms with E-state index in [0.717, 1.165) is 25.0 Å². The van der Waals surface area contributed by atoms with Crippen molar-refractivity contribution in [3.63, 3.8) is 0 Å². The molecule has 7 heteroatoms. The molecule has 6 nitrogen and oxygen atoms in total. The third kappa shape index (κ3) is 7.95. The fourth-order valence-electron chi connectivity index (χ4n) is 2.88. The summed E-state index contributed by atoms with van der Waals surface area (Å²) in [5.41, 5.74) is 2.68. The number of aromatic nitrogens is 1. The summed E-state index contributed by atoms with van der Waals surface area (Å²) in [5, 5.41) is 5.20. The first-order valence-corrected chi connectivity index (χ1v) is 11.1. The molecule has 0 bridgehead atoms. The molecule has 29 heavy (non-hydrogen) atoms. The highest BCUT2D eigenvalue weighted by Gasteiger charge is 2.19. The fourth-order valence-corrected chi connectivity index (χ4v) is 3.58. The van der Waals surface area contributed by atoms with E-state index in [1.54, 1.807) is 4.90 Å². The highest BCUT2D eigenvalue weighted by Crippen LogP contribution is 2.15. The van der Waals surface area contributed by atoms with Gasteiger partial charge in [-0.05, 0) is 50.8 Å². The minimum absolute atomic E-state index is 0.0127. The van der Waals surface area contributed by atoms with E-state index in [1.807, 2.05) is 43.5 Å². The zero-order valence-electron chi connectivity index (χ0n) is 17.6. The molecule has 2 rings (SSSR count). The van der Waals surface area contributed by atoms with Gasteiger partial charge in [-0.25, -0.2) is 4.98 Å². The molecule has 2 amide bonds. The number of carbonyl (C=O) groups is 2. The summed E-state index contributed by atoms with van der Waals surface area (Å²) < 4.78 is 5.38. The molecule has 0 aliphatic heterocycles. The Morgan fingerprint density at radius 1 is 1.17 bits per heavy atom. The first kappa shape index (κ1) is 23.0. The number of nitrogens with one attached hydrogen (secondary N) is 1. The van der Waals surface area contributed by atoms with Crippen LogP contribution >= 0.6 is 11.3 Å². The van der Waals surface area contributed by atoms with Gasteiger partial charge in [-0.1, -0.05) is 25.5 Å². The van der Waals surface area contributed by atoms with Gasteiger partial charge >= 0.3 is 0 Å². The zero-order valence-corrected chi connectivity index (χ0v) is 18.4. The van der Waals surface area contributed by atoms with Gasteiger partial charge in [0.05, 0.1) is 5.69 Å². The van der Waals surface area contributed by atoms with Crippen LogP contribution in [0.3, 0.4) is 0 Å². The number of anilines is 1. The number of amides is 2. The van der Waals surface area contributed by atoms with E-state index in [4.69, 9.17) is 4.74 Å². The van der Waals surface area contributed by atoms with Crippen molar-refractivity contribution in [2.45, 2.75) is 46.5 Å². The minimum atomic E-state index is -0.247. The predicted octanol–water partition coefficient (Wildman–Crippen LogP) is 4.30. The number of ether oxygens (including phenoxy) is 1. The number of nitrogens with zero attached hydrogens (tertiary/aromatic N) is 2. The predicted molar refractivity (Wildman–Crippen MR) is 118 cm³/mol. The van der Waals surface area contributed by atoms with Crippen LogP contribution in [0.2, 0.25) is 0 Å². The lowest BCUT2D eigenvalue weighted by Crippen LogP contribution is -2.39. The van der Waals surface area contributed by atoms with Crippen LogP contribution in [0.4, 0.5) is 5.13 Å². The highest BCUT2D eigenvalue weighted by molar-refractivity contribution is 7.13. The maximum Gasteiger partial charge on any atom is 0.254 e. The van der Waals surface area contributed by atoms with Gasteiger partial charge in [0.25, 0.3) is 5.91 Å². The van der Waals surface area contributed by atoms with E-state index >= 15 is 0 Å². The average molecular weight is 418 g/mol. The van der Waals surface area contributed by atoms with Crippen molar-refractivity contribution >= 4 is 28.3 Å². The second kappa shape index (κ2) is 12.3. The van der Waals surface area contributed by atoms with Gasteiger partial charge in [0.15, 0.2) is 5.13 Å². The molecular formula is C22H31N3O3S. The highest BCUT2D eigenvalue weighted by atomic mass is 32.1. The molecule has 2 aromatic rings. The normalized spacial score (nSPS) is 10.7. The number of hydrogen-bond acceptors (Lipinski definition) is 5. The van der Waals surface area contributed by atoms with Crippen LogP contribution in [0.1, 0.15) is 54.7 Å². The van der Waals surface area contributed by atoms with E-state index in [2.05, 4.69) is 17.2 Å². The standard InChI is InChI=1S/C22H31N3O3S/c1-4-6-8-18-9-11-19(12-10-18)21(27)25(13-7-14-28-5-2)15-20(26)24-22-23-17(3)16-29-22/h9-12,16H,4-8,13-15H2,1-3H3,(H,23,24,26). The van der Waals surface area contributed by atoms with Crippen molar-refractivity contribution in [1.82, 2.24) is 9.88 Å². The van der Waals surface area contributed by atoms with E-state index in [9.17, 15) is 9.59 Å². The van der Waals surface area contributed by atoms with E-state index in [1.165, 1.54) is 16.9 Å². The molecule has 1 N–H and O–H groups in total. The smallest absolute Gasteiger partial charge is 0.254 e. The molecule has 0 saturated carbocycles. The molecule has 0 unspecified atom stereocenters. The zero-order chi connectivity index (χ0) is 21.1. The number of hydrogen-bond donors (Lipinski definition) is 1. The van der Waals surface area contributed by atoms with Gasteiger partial charge < -0.3 is 15.0 Å². The topological polar surface area (TPSA) is 71.5 Å². The third-order valence-electron chi connectivity index (χ3n) is 4.43. The Hall–Kier alpha value is -2.25. The number of thiazole rings is 1. The maximum atomic E-state index is 13.0. The quantitative estimate of drug-likeness (QED) is 0.523. The molecule has 1 aromatic carbocycles. The van der Waals surface area contributed by atoms with Crippen molar-refractivity contribution in [2.75, 3.05) is 31.6 Å². The average Bonchev–Trinajstić information content (AvgIpc) is 3.13. The van der Waals surface area contributed by atoms with Gasteiger partial charge in [0.2, 0.25) is 5.91 Å². The van der Waals surface area contributed by atoms with Crippen LogP contribution in [0.25, 0.3) is 0 Å². The molecule has 0 aliphatic carbocycles. The lowest BCUT2D eigenvalue weighted by atomic mass is 10.1. The van der Waals surface area contributed by atoms with Crippen LogP contribution in [-0.2, 0) is 16.0 Å². The Morgan fingerprint density at radius 2 is 1.93 bits per heavy atom. The number of benzene rings is 1. The molecule has 0 radical (unpaired) electrons. The Morgan fingerprint density at radius 3 is 2.55 bits per heavy atom. The first-order valence-electron chi connectivity index (χ1n) is 10.2. The number of carbonyl (C=O) groups excluding carboxylic acids is 2. The number of rotatable bonds is 12. The van der Waals surface area contributed by atoms with Gasteiger partial charge in [0, 0.05) is 30.7 Å². The van der Waals surface area contributed by atoms with E-state index in [-0.39, 0.29) is 18.4 Å². The molecule has 1 heterocycles. The van der Waals surface area contributed by atoms with Crippen LogP contribution in [0.5, 0.6) is 0 Å². The summed E-state index contributed by atoms with van der Waals surface area (Å²) in [7, 11) is 0. The molecule has 0 aliphatic rings. The second-order valence-electron chi connectivity index (χ2n) is 6.92. The van der Waals surface area contributed by atoms with Gasteiger partial charge in [-0.15, -0.1) is 11.3 Å². The van der Waals surface area contributed by atoms with Crippen LogP contribution in [-0.4, -0.2) is 48.0 Å². The van der Waals surface area contributed by atoms with Crippen LogP contribution in [0, 0.1) is 6.92 Å². The summed E-state index contributed by atoms with van der Waals surface area (Å²) in [6, 6.07) is 7.70. The molecule has 0 saturated heterocycles. The van der Waals surface area contributed by atoms with Crippen molar-refractivity contribution in [3.8, 4) is 0 Å². The van der Waals surface area contributed by atoms with Crippen LogP contribution in [0.15, 0.2) is 29.6 Å². The molecular weight excluding hydrogens is 386 g/mol. The maximum absolute atomic E-state index is 13.0. The van der Waals surface area contributed by atoms with Crippen molar-refractivity contribution in [2.24, 2.45) is 0 Å². The number of unbranched alkanes of at least 4 members (excludes halogenated alkanes) is 1. The van der Waals surface area contributed by atoms with Gasteiger partial charge in [-0.3, -0.25) is 9.59 Å². The SMILES string of the molecule is CCCCc1ccc(C(=O)N(CCCOCC)CC(=O)Nc2nc(C)cs2)cc1. The van der Waals surface area contributed by atoms with Gasteiger partial charge in [0.1, 0.15) is 6.54 Å². The Labute approximate surface area is 177 Å². The van der Waals surface area contributed by atoms with Crippen molar-refractivity contribution < 1.29 is 14.3 Å². The fraction of sp³-hybridized carbons (Fsp3) is 0.500. The molecule has 0 spiro atoms. The third-order valence-corrected chi connectivity index (χ3v) is 5.30. The summed E-state index contributed by atoms with van der Waals surface area (Å²) in [6.45, 7) is 7.62. The molecule has 158 valence electrons. The van der Waals surface area contributed by atoms with E-state index < -0.39 is 0 Å².